The molecule has 0 aliphatic heterocycles. The first-order valence-corrected chi connectivity index (χ1v) is 11.7. The van der Waals surface area contributed by atoms with Gasteiger partial charge in [0, 0.05) is 23.4 Å². The molecule has 0 fully saturated rings. The van der Waals surface area contributed by atoms with Crippen LogP contribution < -0.4 is 4.90 Å². The van der Waals surface area contributed by atoms with Gasteiger partial charge in [0.2, 0.25) is 11.6 Å². The number of rotatable bonds is 7. The number of tetrazole rings is 1. The van der Waals surface area contributed by atoms with Gasteiger partial charge in [-0.25, -0.2) is 9.97 Å². The highest BCUT2D eigenvalue weighted by Gasteiger charge is 2.37. The van der Waals surface area contributed by atoms with Gasteiger partial charge in [0.25, 0.3) is 0 Å². The van der Waals surface area contributed by atoms with Gasteiger partial charge in [0.1, 0.15) is 12.4 Å². The first kappa shape index (κ1) is 24.3. The number of carboxylic acid groups (broad SMARTS) is 1. The zero-order valence-electron chi connectivity index (χ0n) is 19.5. The quantitative estimate of drug-likeness (QED) is 0.378. The molecule has 0 saturated heterocycles. The lowest BCUT2D eigenvalue weighted by Crippen LogP contribution is -2.33. The van der Waals surface area contributed by atoms with Gasteiger partial charge < -0.3 is 10.0 Å². The molecule has 0 atom stereocenters. The summed E-state index contributed by atoms with van der Waals surface area (Å²) < 4.78 is 40.9. The Bertz CT molecular complexity index is 1410. The Morgan fingerprint density at radius 2 is 1.81 bits per heavy atom. The molecule has 12 heteroatoms. The number of aliphatic carboxylic acids is 1. The third kappa shape index (κ3) is 5.27. The Balaban J connectivity index is 1.59. The van der Waals surface area contributed by atoms with E-state index in [1.807, 2.05) is 36.4 Å². The Kier molecular flexibility index (Phi) is 6.55. The van der Waals surface area contributed by atoms with Crippen molar-refractivity contribution >= 4 is 11.8 Å². The monoisotopic (exact) mass is 509 g/mol. The zero-order chi connectivity index (χ0) is 26.0. The maximum absolute atomic E-state index is 13.6. The van der Waals surface area contributed by atoms with E-state index in [4.69, 9.17) is 0 Å². The van der Waals surface area contributed by atoms with E-state index < -0.39 is 24.5 Å². The summed E-state index contributed by atoms with van der Waals surface area (Å²) in [6, 6.07) is 15.0. The van der Waals surface area contributed by atoms with Crippen LogP contribution in [0.15, 0.2) is 48.5 Å². The van der Waals surface area contributed by atoms with Crippen LogP contribution in [0.25, 0.3) is 22.5 Å². The maximum atomic E-state index is 13.6. The molecule has 5 rings (SSSR count). The van der Waals surface area contributed by atoms with Crippen molar-refractivity contribution in [2.45, 2.75) is 38.4 Å². The number of H-pyrrole nitrogens is 1. The number of anilines is 1. The molecular formula is C25H22F3N7O2. The molecule has 2 N–H and O–H groups in total. The van der Waals surface area contributed by atoms with Crippen molar-refractivity contribution in [1.29, 1.82) is 0 Å². The Morgan fingerprint density at radius 3 is 2.51 bits per heavy atom. The normalized spacial score (nSPS) is 13.3. The minimum absolute atomic E-state index is 0.00692. The lowest BCUT2D eigenvalue weighted by molar-refractivity contribution is -0.145. The van der Waals surface area contributed by atoms with E-state index in [1.54, 1.807) is 12.1 Å². The van der Waals surface area contributed by atoms with Crippen molar-refractivity contribution in [2.24, 2.45) is 0 Å². The number of aryl methyl sites for hydroxylation is 1. The fraction of sp³-hybridized carbons (Fsp3) is 0.280. The van der Waals surface area contributed by atoms with E-state index in [9.17, 15) is 23.1 Å². The molecule has 0 saturated carbocycles. The molecule has 2 aromatic carbocycles. The number of carbonyl (C=O) groups is 1. The van der Waals surface area contributed by atoms with Crippen molar-refractivity contribution in [3.8, 4) is 22.5 Å². The second-order valence-electron chi connectivity index (χ2n) is 8.73. The average molecular weight is 509 g/mol. The highest BCUT2D eigenvalue weighted by atomic mass is 19.4. The van der Waals surface area contributed by atoms with Gasteiger partial charge >= 0.3 is 12.1 Å². The smallest absolute Gasteiger partial charge is 0.451 e. The second-order valence-corrected chi connectivity index (χ2v) is 8.73. The van der Waals surface area contributed by atoms with Crippen LogP contribution in [0.1, 0.15) is 35.5 Å². The van der Waals surface area contributed by atoms with E-state index >= 15 is 0 Å². The Morgan fingerprint density at radius 1 is 1.03 bits per heavy atom. The summed E-state index contributed by atoms with van der Waals surface area (Å²) in [5.41, 5.74) is 3.93. The number of halogens is 3. The maximum Gasteiger partial charge on any atom is 0.451 e. The number of aromatic amines is 1. The molecule has 0 unspecified atom stereocenters. The number of nitrogens with one attached hydrogen (secondary N) is 1. The molecule has 1 aliphatic rings. The molecule has 2 heterocycles. The lowest BCUT2D eigenvalue weighted by atomic mass is 9.95. The predicted octanol–water partition coefficient (Wildman–Crippen LogP) is 4.31. The summed E-state index contributed by atoms with van der Waals surface area (Å²) in [5, 5.41) is 23.9. The fourth-order valence-corrected chi connectivity index (χ4v) is 4.57. The van der Waals surface area contributed by atoms with Gasteiger partial charge in [0.05, 0.1) is 0 Å². The molecule has 37 heavy (non-hydrogen) atoms. The van der Waals surface area contributed by atoms with E-state index in [0.717, 1.165) is 17.5 Å². The lowest BCUT2D eigenvalue weighted by Gasteiger charge is -2.28. The predicted molar refractivity (Wildman–Crippen MR) is 127 cm³/mol. The van der Waals surface area contributed by atoms with Crippen molar-refractivity contribution in [3.05, 3.63) is 71.2 Å². The van der Waals surface area contributed by atoms with Crippen LogP contribution in [-0.2, 0) is 30.4 Å². The van der Waals surface area contributed by atoms with Gasteiger partial charge in [0.15, 0.2) is 0 Å². The van der Waals surface area contributed by atoms with Crippen LogP contribution in [0.2, 0.25) is 0 Å². The van der Waals surface area contributed by atoms with Crippen LogP contribution >= 0.6 is 0 Å². The summed E-state index contributed by atoms with van der Waals surface area (Å²) in [4.78, 5) is 20.7. The Hall–Kier alpha value is -4.35. The number of benzene rings is 2. The third-order valence-corrected chi connectivity index (χ3v) is 6.17. The van der Waals surface area contributed by atoms with Crippen molar-refractivity contribution < 1.29 is 23.1 Å². The fourth-order valence-electron chi connectivity index (χ4n) is 4.57. The molecule has 1 aliphatic carbocycles. The zero-order valence-corrected chi connectivity index (χ0v) is 19.5. The second kappa shape index (κ2) is 9.96. The molecule has 0 radical (unpaired) electrons. The molecule has 9 nitrogen and oxygen atoms in total. The topological polar surface area (TPSA) is 121 Å². The first-order valence-electron chi connectivity index (χ1n) is 11.7. The average Bonchev–Trinajstić information content (AvgIpc) is 3.42. The van der Waals surface area contributed by atoms with Gasteiger partial charge in [-0.05, 0) is 53.7 Å². The van der Waals surface area contributed by atoms with E-state index in [-0.39, 0.29) is 12.4 Å². The summed E-state index contributed by atoms with van der Waals surface area (Å²) in [6.07, 6.45) is -2.39. The molecule has 0 amide bonds. The van der Waals surface area contributed by atoms with Gasteiger partial charge in [-0.3, -0.25) is 4.79 Å². The van der Waals surface area contributed by atoms with Crippen LogP contribution in [0, 0.1) is 0 Å². The summed E-state index contributed by atoms with van der Waals surface area (Å²) in [6.45, 7) is -0.522. The van der Waals surface area contributed by atoms with Crippen LogP contribution in [-0.4, -0.2) is 48.2 Å². The minimum atomic E-state index is -4.75. The van der Waals surface area contributed by atoms with Crippen LogP contribution in [0.5, 0.6) is 0 Å². The van der Waals surface area contributed by atoms with Gasteiger partial charge in [-0.1, -0.05) is 42.5 Å². The molecule has 190 valence electrons. The van der Waals surface area contributed by atoms with E-state index in [0.29, 0.717) is 47.5 Å². The summed E-state index contributed by atoms with van der Waals surface area (Å²) in [5.74, 6) is -2.10. The van der Waals surface area contributed by atoms with Crippen LogP contribution in [0.4, 0.5) is 19.0 Å². The molecular weight excluding hydrogens is 487 g/mol. The SMILES string of the molecule is O=C(O)CN(Cc1ccc(-c2ccccc2)c(-c2nn[nH]n2)c1)c1nc(C(F)(F)F)nc2c1CCCC2. The highest BCUT2D eigenvalue weighted by molar-refractivity contribution is 5.81. The number of alkyl halides is 3. The number of carboxylic acids is 1. The molecule has 4 aromatic rings. The number of fused-ring (bicyclic) bond motifs is 1. The van der Waals surface area contributed by atoms with E-state index in [2.05, 4.69) is 30.6 Å². The molecule has 0 bridgehead atoms. The summed E-state index contributed by atoms with van der Waals surface area (Å²) >= 11 is 0. The van der Waals surface area contributed by atoms with E-state index in [1.165, 1.54) is 4.90 Å². The van der Waals surface area contributed by atoms with Crippen molar-refractivity contribution in [1.82, 2.24) is 30.6 Å². The number of hydrogen-bond donors (Lipinski definition) is 2. The summed E-state index contributed by atoms with van der Waals surface area (Å²) in [7, 11) is 0. The van der Waals surface area contributed by atoms with Crippen molar-refractivity contribution in [3.63, 3.8) is 0 Å². The number of hydrogen-bond acceptors (Lipinski definition) is 7. The largest absolute Gasteiger partial charge is 0.480 e. The third-order valence-electron chi connectivity index (χ3n) is 6.17. The highest BCUT2D eigenvalue weighted by Crippen LogP contribution is 2.35. The van der Waals surface area contributed by atoms with Crippen molar-refractivity contribution in [2.75, 3.05) is 11.4 Å². The standard InChI is InChI=1S/C25H22F3N7O2/c26-25(27,28)24-29-20-9-5-4-8-18(20)23(30-24)35(14-21(36)37)13-15-10-11-17(16-6-2-1-3-7-16)19(12-15)22-31-33-34-32-22/h1-3,6-7,10-12H,4-5,8-9,13-14H2,(H,36,37)(H,31,32,33,34). The number of nitrogens with zero attached hydrogens (tertiary/aromatic N) is 6. The minimum Gasteiger partial charge on any atom is -0.480 e. The van der Waals surface area contributed by atoms with Crippen LogP contribution in [0.3, 0.4) is 0 Å². The van der Waals surface area contributed by atoms with Gasteiger partial charge in [-0.2, -0.15) is 18.4 Å². The molecule has 2 aromatic heterocycles. The molecule has 0 spiro atoms. The van der Waals surface area contributed by atoms with Gasteiger partial charge in [-0.15, -0.1) is 10.2 Å². The first-order chi connectivity index (χ1) is 17.8. The number of aromatic nitrogens is 6. The Labute approximate surface area is 209 Å².